The van der Waals surface area contributed by atoms with E-state index in [9.17, 15) is 9.59 Å². The van der Waals surface area contributed by atoms with Gasteiger partial charge in [0.2, 0.25) is 5.91 Å². The van der Waals surface area contributed by atoms with E-state index in [-0.39, 0.29) is 17.7 Å². The minimum absolute atomic E-state index is 0.0892. The highest BCUT2D eigenvalue weighted by molar-refractivity contribution is 5.95. The van der Waals surface area contributed by atoms with Crippen LogP contribution < -0.4 is 10.6 Å². The van der Waals surface area contributed by atoms with E-state index < -0.39 is 0 Å². The van der Waals surface area contributed by atoms with Crippen molar-refractivity contribution in [1.82, 2.24) is 5.32 Å². The molecule has 0 radical (unpaired) electrons. The molecule has 3 rings (SSSR count). The van der Waals surface area contributed by atoms with Gasteiger partial charge in [-0.15, -0.1) is 0 Å². The Balaban J connectivity index is 1.60. The van der Waals surface area contributed by atoms with Crippen LogP contribution in [0.2, 0.25) is 0 Å². The number of carbonyl (C=O) groups excluding carboxylic acids is 2. The lowest BCUT2D eigenvalue weighted by Crippen LogP contribution is -2.23. The summed E-state index contributed by atoms with van der Waals surface area (Å²) in [6, 6.07) is 13.3. The van der Waals surface area contributed by atoms with Gasteiger partial charge in [-0.05, 0) is 67.6 Å². The second-order valence-electron chi connectivity index (χ2n) is 6.45. The Labute approximate surface area is 142 Å². The minimum Gasteiger partial charge on any atom is -0.348 e. The Kier molecular flexibility index (Phi) is 4.65. The van der Waals surface area contributed by atoms with Crippen LogP contribution in [0.5, 0.6) is 0 Å². The monoisotopic (exact) mass is 322 g/mol. The normalized spacial score (nSPS) is 13.4. The van der Waals surface area contributed by atoms with Crippen LogP contribution in [0.15, 0.2) is 42.5 Å². The van der Waals surface area contributed by atoms with E-state index in [0.717, 1.165) is 29.7 Å². The van der Waals surface area contributed by atoms with Crippen molar-refractivity contribution in [2.75, 3.05) is 5.32 Å². The summed E-state index contributed by atoms with van der Waals surface area (Å²) in [5.41, 5.74) is 4.68. The van der Waals surface area contributed by atoms with E-state index in [0.29, 0.717) is 12.1 Å². The summed E-state index contributed by atoms with van der Waals surface area (Å²) in [5.74, 6) is 0.176. The number of hydrogen-bond acceptors (Lipinski definition) is 2. The molecule has 4 heteroatoms. The van der Waals surface area contributed by atoms with Crippen molar-refractivity contribution in [3.63, 3.8) is 0 Å². The molecule has 1 fully saturated rings. The summed E-state index contributed by atoms with van der Waals surface area (Å²) in [6.07, 6.45) is 1.97. The molecule has 124 valence electrons. The van der Waals surface area contributed by atoms with Gasteiger partial charge in [0, 0.05) is 23.7 Å². The molecular weight excluding hydrogens is 300 g/mol. The molecule has 1 aliphatic carbocycles. The summed E-state index contributed by atoms with van der Waals surface area (Å²) < 4.78 is 0. The zero-order valence-electron chi connectivity index (χ0n) is 14.1. The van der Waals surface area contributed by atoms with Crippen molar-refractivity contribution in [3.8, 4) is 0 Å². The second kappa shape index (κ2) is 6.87. The first-order valence-corrected chi connectivity index (χ1v) is 8.28. The van der Waals surface area contributed by atoms with Crippen molar-refractivity contribution >= 4 is 17.5 Å². The van der Waals surface area contributed by atoms with E-state index in [1.165, 1.54) is 5.56 Å². The Morgan fingerprint density at radius 3 is 2.54 bits per heavy atom. The number of aryl methyl sites for hydroxylation is 2. The van der Waals surface area contributed by atoms with E-state index in [2.05, 4.69) is 10.6 Å². The number of nitrogens with one attached hydrogen (secondary N) is 2. The molecule has 1 aliphatic rings. The first-order chi connectivity index (χ1) is 11.5. The number of benzene rings is 2. The molecule has 0 aromatic heterocycles. The van der Waals surface area contributed by atoms with Gasteiger partial charge in [0.1, 0.15) is 0 Å². The molecule has 4 nitrogen and oxygen atoms in total. The molecule has 24 heavy (non-hydrogen) atoms. The third kappa shape index (κ3) is 4.02. The SMILES string of the molecule is Cc1ccc(C(=O)NCc2cccc(NC(=O)C3CC3)c2)cc1C. The van der Waals surface area contributed by atoms with Crippen LogP contribution in [0, 0.1) is 19.8 Å². The van der Waals surface area contributed by atoms with Gasteiger partial charge in [0.25, 0.3) is 5.91 Å². The fourth-order valence-corrected chi connectivity index (χ4v) is 2.52. The molecule has 0 saturated heterocycles. The van der Waals surface area contributed by atoms with Gasteiger partial charge in [0.15, 0.2) is 0 Å². The van der Waals surface area contributed by atoms with E-state index >= 15 is 0 Å². The van der Waals surface area contributed by atoms with Crippen LogP contribution in [0.25, 0.3) is 0 Å². The van der Waals surface area contributed by atoms with Gasteiger partial charge in [-0.25, -0.2) is 0 Å². The zero-order chi connectivity index (χ0) is 17.1. The summed E-state index contributed by atoms with van der Waals surface area (Å²) in [7, 11) is 0. The molecule has 2 aromatic carbocycles. The first kappa shape index (κ1) is 16.2. The molecule has 2 N–H and O–H groups in total. The fraction of sp³-hybridized carbons (Fsp3) is 0.300. The summed E-state index contributed by atoms with van der Waals surface area (Å²) >= 11 is 0. The Morgan fingerprint density at radius 1 is 1.04 bits per heavy atom. The predicted molar refractivity (Wildman–Crippen MR) is 94.9 cm³/mol. The average Bonchev–Trinajstić information content (AvgIpc) is 3.40. The first-order valence-electron chi connectivity index (χ1n) is 8.28. The van der Waals surface area contributed by atoms with Gasteiger partial charge in [0.05, 0.1) is 0 Å². The van der Waals surface area contributed by atoms with Crippen molar-refractivity contribution in [3.05, 3.63) is 64.7 Å². The lowest BCUT2D eigenvalue weighted by molar-refractivity contribution is -0.117. The van der Waals surface area contributed by atoms with Gasteiger partial charge in [-0.1, -0.05) is 18.2 Å². The number of rotatable bonds is 5. The fourth-order valence-electron chi connectivity index (χ4n) is 2.52. The number of amides is 2. The number of hydrogen-bond donors (Lipinski definition) is 2. The van der Waals surface area contributed by atoms with Crippen LogP contribution >= 0.6 is 0 Å². The van der Waals surface area contributed by atoms with Crippen molar-refractivity contribution < 1.29 is 9.59 Å². The van der Waals surface area contributed by atoms with Gasteiger partial charge in [-0.3, -0.25) is 9.59 Å². The zero-order valence-corrected chi connectivity index (χ0v) is 14.1. The van der Waals surface area contributed by atoms with Crippen LogP contribution in [-0.2, 0) is 11.3 Å². The maximum absolute atomic E-state index is 12.3. The highest BCUT2D eigenvalue weighted by Crippen LogP contribution is 2.30. The van der Waals surface area contributed by atoms with Crippen LogP contribution in [-0.4, -0.2) is 11.8 Å². The molecule has 0 heterocycles. The number of carbonyl (C=O) groups is 2. The third-order valence-corrected chi connectivity index (χ3v) is 4.36. The van der Waals surface area contributed by atoms with Crippen LogP contribution in [0.4, 0.5) is 5.69 Å². The molecule has 2 amide bonds. The molecular formula is C20H22N2O2. The second-order valence-corrected chi connectivity index (χ2v) is 6.45. The average molecular weight is 322 g/mol. The van der Waals surface area contributed by atoms with Gasteiger partial charge >= 0.3 is 0 Å². The molecule has 2 aromatic rings. The molecule has 0 bridgehead atoms. The van der Waals surface area contributed by atoms with E-state index in [1.54, 1.807) is 0 Å². The third-order valence-electron chi connectivity index (χ3n) is 4.36. The summed E-state index contributed by atoms with van der Waals surface area (Å²) in [6.45, 7) is 4.45. The highest BCUT2D eigenvalue weighted by atomic mass is 16.2. The van der Waals surface area contributed by atoms with Crippen molar-refractivity contribution in [2.24, 2.45) is 5.92 Å². The highest BCUT2D eigenvalue weighted by Gasteiger charge is 2.29. The van der Waals surface area contributed by atoms with Crippen LogP contribution in [0.3, 0.4) is 0 Å². The molecule has 0 atom stereocenters. The Hall–Kier alpha value is -2.62. The number of anilines is 1. The molecule has 1 saturated carbocycles. The quantitative estimate of drug-likeness (QED) is 0.884. The molecule has 0 unspecified atom stereocenters. The summed E-state index contributed by atoms with van der Waals surface area (Å²) in [5, 5.41) is 5.85. The molecule has 0 aliphatic heterocycles. The minimum atomic E-state index is -0.0921. The molecule has 0 spiro atoms. The lowest BCUT2D eigenvalue weighted by Gasteiger charge is -2.09. The largest absolute Gasteiger partial charge is 0.348 e. The Morgan fingerprint density at radius 2 is 1.83 bits per heavy atom. The maximum Gasteiger partial charge on any atom is 0.251 e. The maximum atomic E-state index is 12.3. The van der Waals surface area contributed by atoms with Gasteiger partial charge in [-0.2, -0.15) is 0 Å². The Bertz CT molecular complexity index is 779. The topological polar surface area (TPSA) is 58.2 Å². The van der Waals surface area contributed by atoms with E-state index in [1.807, 2.05) is 56.3 Å². The predicted octanol–water partition coefficient (Wildman–Crippen LogP) is 3.58. The van der Waals surface area contributed by atoms with Crippen molar-refractivity contribution in [1.29, 1.82) is 0 Å². The van der Waals surface area contributed by atoms with Gasteiger partial charge < -0.3 is 10.6 Å². The smallest absolute Gasteiger partial charge is 0.251 e. The lowest BCUT2D eigenvalue weighted by atomic mass is 10.1. The van der Waals surface area contributed by atoms with Crippen molar-refractivity contribution in [2.45, 2.75) is 33.2 Å². The van der Waals surface area contributed by atoms with E-state index in [4.69, 9.17) is 0 Å². The summed E-state index contributed by atoms with van der Waals surface area (Å²) in [4.78, 5) is 24.1. The standard InChI is InChI=1S/C20H22N2O2/c1-13-6-7-17(10-14(13)2)19(23)21-12-15-4-3-5-18(11-15)22-20(24)16-8-9-16/h3-7,10-11,16H,8-9,12H2,1-2H3,(H,21,23)(H,22,24). The van der Waals surface area contributed by atoms with Crippen LogP contribution in [0.1, 0.15) is 39.9 Å².